The van der Waals surface area contributed by atoms with Crippen molar-refractivity contribution in [1.29, 1.82) is 0 Å². The number of nitrogens with zero attached hydrogens (tertiary/aromatic N) is 3. The summed E-state index contributed by atoms with van der Waals surface area (Å²) in [5.41, 5.74) is 7.48. The van der Waals surface area contributed by atoms with Crippen molar-refractivity contribution in [2.24, 2.45) is 0 Å². The van der Waals surface area contributed by atoms with Gasteiger partial charge < -0.3 is 19.8 Å². The molecule has 3 rings (SSSR count). The van der Waals surface area contributed by atoms with E-state index in [4.69, 9.17) is 14.9 Å². The second kappa shape index (κ2) is 6.32. The second-order valence-electron chi connectivity index (χ2n) is 7.05. The van der Waals surface area contributed by atoms with Gasteiger partial charge in [0.05, 0.1) is 12.2 Å². The van der Waals surface area contributed by atoms with E-state index in [0.29, 0.717) is 42.3 Å². The van der Waals surface area contributed by atoms with E-state index in [1.165, 1.54) is 0 Å². The largest absolute Gasteiger partial charge is 0.444 e. The predicted octanol–water partition coefficient (Wildman–Crippen LogP) is 2.46. The number of nitrogen functional groups attached to an aromatic ring is 1. The topological polar surface area (TPSA) is 84.8 Å². The van der Waals surface area contributed by atoms with Gasteiger partial charge in [-0.1, -0.05) is 6.07 Å². The Morgan fingerprint density at radius 1 is 1.29 bits per heavy atom. The number of anilines is 1. The minimum absolute atomic E-state index is 0.253. The summed E-state index contributed by atoms with van der Waals surface area (Å²) in [5.74, 6) is 0.647. The van der Waals surface area contributed by atoms with E-state index in [1.54, 1.807) is 4.90 Å². The normalized spacial score (nSPS) is 16.5. The number of hydrogen-bond donors (Lipinski definition) is 1. The summed E-state index contributed by atoms with van der Waals surface area (Å²) in [6.45, 7) is 9.02. The van der Waals surface area contributed by atoms with Crippen LogP contribution >= 0.6 is 0 Å². The predicted molar refractivity (Wildman–Crippen MR) is 91.5 cm³/mol. The van der Waals surface area contributed by atoms with Gasteiger partial charge in [-0.15, -0.1) is 0 Å². The monoisotopic (exact) mass is 332 g/mol. The van der Waals surface area contributed by atoms with Crippen LogP contribution in [-0.2, 0) is 11.3 Å². The molecule has 2 N–H and O–H groups in total. The van der Waals surface area contributed by atoms with Gasteiger partial charge in [0.2, 0.25) is 5.89 Å². The minimum atomic E-state index is -0.466. The van der Waals surface area contributed by atoms with E-state index >= 15 is 0 Å². The molecule has 1 fully saturated rings. The molecule has 1 aromatic carbocycles. The van der Waals surface area contributed by atoms with E-state index < -0.39 is 5.60 Å². The van der Waals surface area contributed by atoms with E-state index in [1.807, 2.05) is 39.0 Å². The molecule has 1 aromatic heterocycles. The summed E-state index contributed by atoms with van der Waals surface area (Å²) in [5, 5.41) is 0. The van der Waals surface area contributed by atoms with Crippen molar-refractivity contribution in [3.8, 4) is 0 Å². The Balaban J connectivity index is 1.57. The molecule has 0 radical (unpaired) electrons. The van der Waals surface area contributed by atoms with Crippen LogP contribution in [0.2, 0.25) is 0 Å². The van der Waals surface area contributed by atoms with E-state index in [0.717, 1.165) is 13.1 Å². The molecular formula is C17H24N4O3. The lowest BCUT2D eigenvalue weighted by atomic mass is 10.2. The van der Waals surface area contributed by atoms with Gasteiger partial charge in [-0.3, -0.25) is 4.90 Å². The number of carbonyl (C=O) groups excluding carboxylic acids is 1. The molecule has 24 heavy (non-hydrogen) atoms. The lowest BCUT2D eigenvalue weighted by Gasteiger charge is -2.35. The molecule has 7 heteroatoms. The molecule has 0 aliphatic carbocycles. The Bertz CT molecular complexity index is 727. The standard InChI is InChI=1S/C17H24N4O3/c1-17(2,3)24-16(22)21-9-7-20(8-10-21)11-14-19-15-12(18)5-4-6-13(15)23-14/h4-6H,7-11,18H2,1-3H3. The maximum atomic E-state index is 12.1. The zero-order valence-electron chi connectivity index (χ0n) is 14.4. The van der Waals surface area contributed by atoms with Gasteiger partial charge in [0.15, 0.2) is 5.58 Å². The van der Waals surface area contributed by atoms with Crippen LogP contribution in [0.3, 0.4) is 0 Å². The number of amides is 1. The number of nitrogens with two attached hydrogens (primary N) is 1. The molecule has 0 unspecified atom stereocenters. The molecule has 0 saturated carbocycles. The number of hydrogen-bond acceptors (Lipinski definition) is 6. The fraction of sp³-hybridized carbons (Fsp3) is 0.529. The Kier molecular flexibility index (Phi) is 4.36. The summed E-state index contributed by atoms with van der Waals surface area (Å²) < 4.78 is 11.2. The quantitative estimate of drug-likeness (QED) is 0.850. The maximum absolute atomic E-state index is 12.1. The van der Waals surface area contributed by atoms with Gasteiger partial charge in [0, 0.05) is 26.2 Å². The summed E-state index contributed by atoms with van der Waals surface area (Å²) in [6, 6.07) is 5.53. The number of para-hydroxylation sites is 1. The van der Waals surface area contributed by atoms with Gasteiger partial charge in [-0.05, 0) is 32.9 Å². The van der Waals surface area contributed by atoms with Crippen LogP contribution < -0.4 is 5.73 Å². The molecule has 1 aliphatic heterocycles. The molecule has 130 valence electrons. The first-order chi connectivity index (χ1) is 11.3. The summed E-state index contributed by atoms with van der Waals surface area (Å²) in [7, 11) is 0. The van der Waals surface area contributed by atoms with Crippen molar-refractivity contribution in [3.63, 3.8) is 0 Å². The lowest BCUT2D eigenvalue weighted by Crippen LogP contribution is -2.49. The lowest BCUT2D eigenvalue weighted by molar-refractivity contribution is 0.0133. The Morgan fingerprint density at radius 3 is 2.62 bits per heavy atom. The summed E-state index contributed by atoms with van der Waals surface area (Å²) in [4.78, 5) is 20.5. The number of aromatic nitrogens is 1. The van der Waals surface area contributed by atoms with Crippen molar-refractivity contribution in [3.05, 3.63) is 24.1 Å². The van der Waals surface area contributed by atoms with Crippen LogP contribution in [0.1, 0.15) is 26.7 Å². The van der Waals surface area contributed by atoms with Crippen molar-refractivity contribution in [2.75, 3.05) is 31.9 Å². The minimum Gasteiger partial charge on any atom is -0.444 e. The third-order valence-electron chi connectivity index (χ3n) is 3.88. The molecule has 7 nitrogen and oxygen atoms in total. The van der Waals surface area contributed by atoms with Crippen LogP contribution in [0.15, 0.2) is 22.6 Å². The Morgan fingerprint density at radius 2 is 2.00 bits per heavy atom. The zero-order chi connectivity index (χ0) is 17.3. The third-order valence-corrected chi connectivity index (χ3v) is 3.88. The molecule has 2 heterocycles. The van der Waals surface area contributed by atoms with Crippen molar-refractivity contribution in [2.45, 2.75) is 32.9 Å². The van der Waals surface area contributed by atoms with Crippen molar-refractivity contribution < 1.29 is 13.9 Å². The summed E-state index contributed by atoms with van der Waals surface area (Å²) >= 11 is 0. The van der Waals surface area contributed by atoms with Crippen LogP contribution in [0.25, 0.3) is 11.1 Å². The molecule has 1 saturated heterocycles. The SMILES string of the molecule is CC(C)(C)OC(=O)N1CCN(Cc2nc3c(N)cccc3o2)CC1. The number of piperazine rings is 1. The number of benzene rings is 1. The molecular weight excluding hydrogens is 308 g/mol. The van der Waals surface area contributed by atoms with Crippen molar-refractivity contribution in [1.82, 2.24) is 14.8 Å². The highest BCUT2D eigenvalue weighted by Gasteiger charge is 2.26. The molecule has 1 amide bonds. The highest BCUT2D eigenvalue weighted by molar-refractivity contribution is 5.85. The van der Waals surface area contributed by atoms with Crippen LogP contribution in [0, 0.1) is 0 Å². The van der Waals surface area contributed by atoms with E-state index in [2.05, 4.69) is 9.88 Å². The number of rotatable bonds is 2. The highest BCUT2D eigenvalue weighted by Crippen LogP contribution is 2.22. The van der Waals surface area contributed by atoms with Gasteiger partial charge >= 0.3 is 6.09 Å². The highest BCUT2D eigenvalue weighted by atomic mass is 16.6. The second-order valence-corrected chi connectivity index (χ2v) is 7.05. The zero-order valence-corrected chi connectivity index (χ0v) is 14.4. The number of fused-ring (bicyclic) bond motifs is 1. The number of carbonyl (C=O) groups is 1. The number of ether oxygens (including phenoxy) is 1. The average Bonchev–Trinajstić information content (AvgIpc) is 2.90. The molecule has 0 atom stereocenters. The maximum Gasteiger partial charge on any atom is 0.410 e. The van der Waals surface area contributed by atoms with Crippen LogP contribution in [-0.4, -0.2) is 52.7 Å². The molecule has 1 aliphatic rings. The van der Waals surface area contributed by atoms with Gasteiger partial charge in [-0.25, -0.2) is 9.78 Å². The first kappa shape index (κ1) is 16.6. The summed E-state index contributed by atoms with van der Waals surface area (Å²) in [6.07, 6.45) is -0.253. The third kappa shape index (κ3) is 3.79. The molecule has 0 spiro atoms. The first-order valence-electron chi connectivity index (χ1n) is 8.16. The Hall–Kier alpha value is -2.28. The fourth-order valence-corrected chi connectivity index (χ4v) is 2.69. The average molecular weight is 332 g/mol. The Labute approximate surface area is 141 Å². The fourth-order valence-electron chi connectivity index (χ4n) is 2.69. The van der Waals surface area contributed by atoms with Gasteiger partial charge in [0.25, 0.3) is 0 Å². The van der Waals surface area contributed by atoms with Gasteiger partial charge in [-0.2, -0.15) is 0 Å². The number of oxazole rings is 1. The smallest absolute Gasteiger partial charge is 0.410 e. The van der Waals surface area contributed by atoms with Crippen LogP contribution in [0.4, 0.5) is 10.5 Å². The van der Waals surface area contributed by atoms with E-state index in [9.17, 15) is 4.79 Å². The van der Waals surface area contributed by atoms with Crippen LogP contribution in [0.5, 0.6) is 0 Å². The van der Waals surface area contributed by atoms with Gasteiger partial charge in [0.1, 0.15) is 11.1 Å². The van der Waals surface area contributed by atoms with Crippen molar-refractivity contribution >= 4 is 22.9 Å². The molecule has 2 aromatic rings. The first-order valence-corrected chi connectivity index (χ1v) is 8.16. The van der Waals surface area contributed by atoms with E-state index in [-0.39, 0.29) is 6.09 Å². The molecule has 0 bridgehead atoms.